The molecule has 3 nitrogen and oxygen atoms in total. The highest BCUT2D eigenvalue weighted by Gasteiger charge is 2.23. The molecule has 1 aromatic carbocycles. The van der Waals surface area contributed by atoms with Crippen molar-refractivity contribution >= 4 is 11.6 Å². The number of aryl methyl sites for hydroxylation is 1. The first-order chi connectivity index (χ1) is 8.47. The molecule has 0 heterocycles. The van der Waals surface area contributed by atoms with Gasteiger partial charge in [0.05, 0.1) is 0 Å². The number of hydrogen-bond donors (Lipinski definition) is 2. The molecule has 0 aromatic heterocycles. The van der Waals surface area contributed by atoms with Gasteiger partial charge in [-0.05, 0) is 36.6 Å². The van der Waals surface area contributed by atoms with Crippen LogP contribution in [-0.4, -0.2) is 11.9 Å². The van der Waals surface area contributed by atoms with Gasteiger partial charge < -0.3 is 11.1 Å². The second kappa shape index (κ2) is 6.38. The molecule has 0 aliphatic heterocycles. The number of rotatable bonds is 6. The van der Waals surface area contributed by atoms with Gasteiger partial charge in [-0.3, -0.25) is 4.79 Å². The number of primary amides is 1. The summed E-state index contributed by atoms with van der Waals surface area (Å²) in [6.07, 6.45) is 1.71. The smallest absolute Gasteiger partial charge is 0.240 e. The molecule has 0 aliphatic rings. The molecule has 0 fully saturated rings. The van der Waals surface area contributed by atoms with Crippen LogP contribution in [0.15, 0.2) is 18.2 Å². The Kier molecular flexibility index (Phi) is 5.13. The van der Waals surface area contributed by atoms with E-state index in [2.05, 4.69) is 5.32 Å². The van der Waals surface area contributed by atoms with E-state index in [4.69, 9.17) is 5.73 Å². The Morgan fingerprint density at radius 1 is 1.33 bits per heavy atom. The fourth-order valence-corrected chi connectivity index (χ4v) is 2.18. The van der Waals surface area contributed by atoms with Gasteiger partial charge in [-0.2, -0.15) is 0 Å². The van der Waals surface area contributed by atoms with Gasteiger partial charge in [-0.15, -0.1) is 0 Å². The first-order valence-corrected chi connectivity index (χ1v) is 6.31. The van der Waals surface area contributed by atoms with Gasteiger partial charge in [0.15, 0.2) is 0 Å². The molecule has 4 heteroatoms. The molecule has 0 bridgehead atoms. The van der Waals surface area contributed by atoms with Crippen LogP contribution >= 0.6 is 0 Å². The van der Waals surface area contributed by atoms with Crippen molar-refractivity contribution in [2.45, 2.75) is 39.7 Å². The molecule has 0 aliphatic carbocycles. The first kappa shape index (κ1) is 14.5. The number of halogens is 1. The maximum Gasteiger partial charge on any atom is 0.240 e. The summed E-state index contributed by atoms with van der Waals surface area (Å²) in [6.45, 7) is 5.84. The molecule has 0 radical (unpaired) electrons. The third-order valence-corrected chi connectivity index (χ3v) is 3.19. The Bertz CT molecular complexity index is 396. The van der Waals surface area contributed by atoms with E-state index in [1.54, 1.807) is 6.07 Å². The number of nitrogens with one attached hydrogen (secondary N) is 1. The van der Waals surface area contributed by atoms with Crippen LogP contribution in [-0.2, 0) is 4.79 Å². The van der Waals surface area contributed by atoms with E-state index in [1.807, 2.05) is 20.8 Å². The van der Waals surface area contributed by atoms with Crippen LogP contribution in [0.5, 0.6) is 0 Å². The number of hydrogen-bond acceptors (Lipinski definition) is 2. The van der Waals surface area contributed by atoms with Crippen LogP contribution in [0, 0.1) is 18.7 Å². The molecule has 1 amide bonds. The van der Waals surface area contributed by atoms with Crippen molar-refractivity contribution in [2.75, 3.05) is 5.32 Å². The van der Waals surface area contributed by atoms with Crippen molar-refractivity contribution in [1.29, 1.82) is 0 Å². The summed E-state index contributed by atoms with van der Waals surface area (Å²) in [5, 5.41) is 3.05. The van der Waals surface area contributed by atoms with Crippen LogP contribution in [0.1, 0.15) is 32.3 Å². The average Bonchev–Trinajstić information content (AvgIpc) is 2.27. The van der Waals surface area contributed by atoms with Gasteiger partial charge in [0, 0.05) is 5.69 Å². The van der Waals surface area contributed by atoms with E-state index in [0.29, 0.717) is 5.69 Å². The summed E-state index contributed by atoms with van der Waals surface area (Å²) in [5.74, 6) is -0.554. The Labute approximate surface area is 108 Å². The predicted octanol–water partition coefficient (Wildman–Crippen LogP) is 2.84. The van der Waals surface area contributed by atoms with Crippen molar-refractivity contribution in [3.63, 3.8) is 0 Å². The number of amides is 1. The number of anilines is 1. The second-order valence-electron chi connectivity index (χ2n) is 4.62. The number of carbonyl (C=O) groups excluding carboxylic acids is 1. The van der Waals surface area contributed by atoms with Crippen molar-refractivity contribution in [3.8, 4) is 0 Å². The number of carbonyl (C=O) groups is 1. The fraction of sp³-hybridized carbons (Fsp3) is 0.500. The molecular weight excluding hydrogens is 231 g/mol. The van der Waals surface area contributed by atoms with Crippen molar-refractivity contribution in [3.05, 3.63) is 29.6 Å². The van der Waals surface area contributed by atoms with Crippen molar-refractivity contribution in [2.24, 2.45) is 11.7 Å². The van der Waals surface area contributed by atoms with E-state index >= 15 is 0 Å². The molecule has 100 valence electrons. The lowest BCUT2D eigenvalue weighted by molar-refractivity contribution is -0.119. The fourth-order valence-electron chi connectivity index (χ4n) is 2.18. The van der Waals surface area contributed by atoms with E-state index in [9.17, 15) is 9.18 Å². The van der Waals surface area contributed by atoms with Gasteiger partial charge >= 0.3 is 0 Å². The molecule has 0 spiro atoms. The van der Waals surface area contributed by atoms with Crippen LogP contribution in [0.4, 0.5) is 10.1 Å². The largest absolute Gasteiger partial charge is 0.373 e. The topological polar surface area (TPSA) is 55.1 Å². The minimum atomic E-state index is -0.457. The normalized spacial score (nSPS) is 12.5. The summed E-state index contributed by atoms with van der Waals surface area (Å²) in [5.41, 5.74) is 6.83. The minimum absolute atomic E-state index is 0.158. The van der Waals surface area contributed by atoms with Gasteiger partial charge in [-0.25, -0.2) is 4.39 Å². The van der Waals surface area contributed by atoms with Gasteiger partial charge in [-0.1, -0.05) is 26.7 Å². The molecule has 3 N–H and O–H groups in total. The molecule has 1 aromatic rings. The molecule has 18 heavy (non-hydrogen) atoms. The monoisotopic (exact) mass is 252 g/mol. The van der Waals surface area contributed by atoms with E-state index in [1.165, 1.54) is 12.1 Å². The molecule has 0 saturated carbocycles. The Balaban J connectivity index is 2.92. The van der Waals surface area contributed by atoms with Crippen LogP contribution in [0.25, 0.3) is 0 Å². The summed E-state index contributed by atoms with van der Waals surface area (Å²) < 4.78 is 13.3. The van der Waals surface area contributed by atoms with Crippen LogP contribution in [0.3, 0.4) is 0 Å². The summed E-state index contributed by atoms with van der Waals surface area (Å²) >= 11 is 0. The molecule has 1 unspecified atom stereocenters. The highest BCUT2D eigenvalue weighted by molar-refractivity contribution is 5.83. The van der Waals surface area contributed by atoms with Gasteiger partial charge in [0.25, 0.3) is 0 Å². The lowest BCUT2D eigenvalue weighted by Gasteiger charge is -2.24. The van der Waals surface area contributed by atoms with E-state index < -0.39 is 11.9 Å². The van der Waals surface area contributed by atoms with Crippen LogP contribution < -0.4 is 11.1 Å². The first-order valence-electron chi connectivity index (χ1n) is 6.31. The third-order valence-electron chi connectivity index (χ3n) is 3.19. The highest BCUT2D eigenvalue weighted by Crippen LogP contribution is 2.20. The van der Waals surface area contributed by atoms with Crippen LogP contribution in [0.2, 0.25) is 0 Å². The average molecular weight is 252 g/mol. The zero-order chi connectivity index (χ0) is 13.7. The Morgan fingerprint density at radius 2 is 1.94 bits per heavy atom. The second-order valence-corrected chi connectivity index (χ2v) is 4.62. The van der Waals surface area contributed by atoms with E-state index in [0.717, 1.165) is 18.4 Å². The predicted molar refractivity (Wildman–Crippen MR) is 71.8 cm³/mol. The zero-order valence-corrected chi connectivity index (χ0v) is 11.2. The maximum absolute atomic E-state index is 13.3. The lowest BCUT2D eigenvalue weighted by atomic mass is 9.93. The summed E-state index contributed by atoms with van der Waals surface area (Å²) in [6, 6.07) is 4.18. The molecular formula is C14H21FN2O. The van der Waals surface area contributed by atoms with E-state index in [-0.39, 0.29) is 11.7 Å². The quantitative estimate of drug-likeness (QED) is 0.818. The van der Waals surface area contributed by atoms with Crippen molar-refractivity contribution < 1.29 is 9.18 Å². The third kappa shape index (κ3) is 3.72. The maximum atomic E-state index is 13.3. The molecule has 1 rings (SSSR count). The lowest BCUT2D eigenvalue weighted by Crippen LogP contribution is -2.41. The number of nitrogens with two attached hydrogens (primary N) is 1. The molecule has 1 atom stereocenters. The SMILES string of the molecule is CCC(CC)C(Nc1cc(C)cc(F)c1)C(N)=O. The molecule has 0 saturated heterocycles. The summed E-state index contributed by atoms with van der Waals surface area (Å²) in [4.78, 5) is 11.5. The highest BCUT2D eigenvalue weighted by atomic mass is 19.1. The number of benzene rings is 1. The Hall–Kier alpha value is -1.58. The van der Waals surface area contributed by atoms with Gasteiger partial charge in [0.1, 0.15) is 11.9 Å². The van der Waals surface area contributed by atoms with Gasteiger partial charge in [0.2, 0.25) is 5.91 Å². The minimum Gasteiger partial charge on any atom is -0.373 e. The summed E-state index contributed by atoms with van der Waals surface area (Å²) in [7, 11) is 0. The Morgan fingerprint density at radius 3 is 2.39 bits per heavy atom. The standard InChI is InChI=1S/C14H21FN2O/c1-4-10(5-2)13(14(16)18)17-12-7-9(3)6-11(15)8-12/h6-8,10,13,17H,4-5H2,1-3H3,(H2,16,18). The van der Waals surface area contributed by atoms with Crippen molar-refractivity contribution in [1.82, 2.24) is 0 Å². The zero-order valence-electron chi connectivity index (χ0n) is 11.2.